The molecule has 1 aliphatic rings. The Morgan fingerprint density at radius 2 is 1.85 bits per heavy atom. The molecule has 0 unspecified atom stereocenters. The van der Waals surface area contributed by atoms with E-state index in [9.17, 15) is 13.6 Å². The van der Waals surface area contributed by atoms with Crippen LogP contribution in [-0.2, 0) is 5.41 Å². The summed E-state index contributed by atoms with van der Waals surface area (Å²) in [6.07, 6.45) is 4.82. The van der Waals surface area contributed by atoms with Crippen molar-refractivity contribution in [2.45, 2.75) is 18.3 Å². The number of rotatable bonds is 5. The van der Waals surface area contributed by atoms with Crippen LogP contribution in [-0.4, -0.2) is 22.2 Å². The summed E-state index contributed by atoms with van der Waals surface area (Å²) in [6, 6.07) is 12.7. The Hall–Kier alpha value is -3.02. The van der Waals surface area contributed by atoms with Crippen molar-refractivity contribution in [2.75, 3.05) is 6.54 Å². The zero-order valence-corrected chi connectivity index (χ0v) is 14.0. The summed E-state index contributed by atoms with van der Waals surface area (Å²) in [4.78, 5) is 12.4. The monoisotopic (exact) mass is 353 g/mol. The minimum Gasteiger partial charge on any atom is -0.351 e. The average molecular weight is 353 g/mol. The van der Waals surface area contributed by atoms with E-state index in [1.165, 1.54) is 35.3 Å². The van der Waals surface area contributed by atoms with E-state index in [0.717, 1.165) is 18.4 Å². The summed E-state index contributed by atoms with van der Waals surface area (Å²) >= 11 is 0. The lowest BCUT2D eigenvalue weighted by molar-refractivity contribution is 0.0949. The Morgan fingerprint density at radius 3 is 2.54 bits per heavy atom. The molecule has 1 saturated carbocycles. The number of halogens is 2. The molecule has 1 N–H and O–H groups in total. The van der Waals surface area contributed by atoms with Crippen molar-refractivity contribution in [2.24, 2.45) is 0 Å². The molecule has 1 amide bonds. The molecule has 2 aromatic carbocycles. The van der Waals surface area contributed by atoms with Gasteiger partial charge in [-0.1, -0.05) is 24.3 Å². The van der Waals surface area contributed by atoms with Crippen LogP contribution in [0.1, 0.15) is 28.8 Å². The van der Waals surface area contributed by atoms with Gasteiger partial charge in [0.15, 0.2) is 0 Å². The maximum Gasteiger partial charge on any atom is 0.254 e. The van der Waals surface area contributed by atoms with E-state index < -0.39 is 5.82 Å². The van der Waals surface area contributed by atoms with Crippen LogP contribution in [0.15, 0.2) is 60.9 Å². The third-order valence-electron chi connectivity index (χ3n) is 4.84. The van der Waals surface area contributed by atoms with E-state index in [4.69, 9.17) is 0 Å². The summed E-state index contributed by atoms with van der Waals surface area (Å²) in [6.45, 7) is 0.475. The molecule has 1 aliphatic carbocycles. The van der Waals surface area contributed by atoms with E-state index in [1.807, 2.05) is 0 Å². The van der Waals surface area contributed by atoms with E-state index >= 15 is 0 Å². The fourth-order valence-corrected chi connectivity index (χ4v) is 3.08. The summed E-state index contributed by atoms with van der Waals surface area (Å²) < 4.78 is 28.3. The van der Waals surface area contributed by atoms with Gasteiger partial charge in [0.25, 0.3) is 5.91 Å². The van der Waals surface area contributed by atoms with Crippen molar-refractivity contribution in [3.05, 3.63) is 83.7 Å². The molecule has 1 fully saturated rings. The molecule has 4 nitrogen and oxygen atoms in total. The number of nitrogens with one attached hydrogen (secondary N) is 1. The van der Waals surface area contributed by atoms with Crippen LogP contribution < -0.4 is 5.32 Å². The van der Waals surface area contributed by atoms with Crippen LogP contribution in [0.25, 0.3) is 5.69 Å². The number of hydrogen-bond acceptors (Lipinski definition) is 2. The molecule has 0 saturated heterocycles. The van der Waals surface area contributed by atoms with Gasteiger partial charge in [0.2, 0.25) is 0 Å². The van der Waals surface area contributed by atoms with Crippen molar-refractivity contribution in [3.63, 3.8) is 0 Å². The van der Waals surface area contributed by atoms with Gasteiger partial charge >= 0.3 is 0 Å². The lowest BCUT2D eigenvalue weighted by atomic mass is 9.96. The largest absolute Gasteiger partial charge is 0.351 e. The number of hydrogen-bond donors (Lipinski definition) is 1. The molecule has 1 aromatic heterocycles. The molecule has 1 heterocycles. The minimum atomic E-state index is -0.407. The lowest BCUT2D eigenvalue weighted by Gasteiger charge is -2.16. The molecule has 0 atom stereocenters. The SMILES string of the molecule is O=C(NCC1(c2ccc(F)cc2)CC1)c1cnn(-c2ccccc2F)c1. The Morgan fingerprint density at radius 1 is 1.12 bits per heavy atom. The Balaban J connectivity index is 1.45. The Labute approximate surface area is 149 Å². The first-order valence-corrected chi connectivity index (χ1v) is 8.41. The fourth-order valence-electron chi connectivity index (χ4n) is 3.08. The number of aromatic nitrogens is 2. The molecule has 3 aromatic rings. The number of para-hydroxylation sites is 1. The number of amides is 1. The molecular weight excluding hydrogens is 336 g/mol. The third-order valence-corrected chi connectivity index (χ3v) is 4.84. The van der Waals surface area contributed by atoms with Crippen LogP contribution in [0.3, 0.4) is 0 Å². The molecule has 0 bridgehead atoms. The maximum atomic E-state index is 13.8. The van der Waals surface area contributed by atoms with Crippen LogP contribution in [0.2, 0.25) is 0 Å². The van der Waals surface area contributed by atoms with Gasteiger partial charge in [-0.05, 0) is 42.7 Å². The second-order valence-electron chi connectivity index (χ2n) is 6.59. The van der Waals surface area contributed by atoms with Gasteiger partial charge in [0, 0.05) is 18.2 Å². The Bertz CT molecular complexity index is 946. The van der Waals surface area contributed by atoms with Gasteiger partial charge in [-0.15, -0.1) is 0 Å². The van der Waals surface area contributed by atoms with Crippen LogP contribution in [0.4, 0.5) is 8.78 Å². The smallest absolute Gasteiger partial charge is 0.254 e. The summed E-state index contributed by atoms with van der Waals surface area (Å²) in [5.41, 5.74) is 1.56. The predicted octanol–water partition coefficient (Wildman–Crippen LogP) is 3.61. The second-order valence-corrected chi connectivity index (χ2v) is 6.59. The first kappa shape index (κ1) is 16.4. The standard InChI is InChI=1S/C20H17F2N3O/c21-16-7-5-15(6-8-16)20(9-10-20)13-23-19(26)14-11-24-25(12-14)18-4-2-1-3-17(18)22/h1-8,11-12H,9-10,13H2,(H,23,26). The predicted molar refractivity (Wildman–Crippen MR) is 93.2 cm³/mol. The minimum absolute atomic E-state index is 0.120. The van der Waals surface area contributed by atoms with Crippen LogP contribution in [0, 0.1) is 11.6 Å². The molecule has 0 radical (unpaired) electrons. The van der Waals surface area contributed by atoms with Crippen LogP contribution in [0.5, 0.6) is 0 Å². The van der Waals surface area contributed by atoms with Gasteiger partial charge in [-0.25, -0.2) is 13.5 Å². The number of carbonyl (C=O) groups is 1. The zero-order valence-electron chi connectivity index (χ0n) is 14.0. The highest BCUT2D eigenvalue weighted by molar-refractivity contribution is 5.93. The maximum absolute atomic E-state index is 13.8. The number of nitrogens with zero attached hydrogens (tertiary/aromatic N) is 2. The molecule has 26 heavy (non-hydrogen) atoms. The quantitative estimate of drug-likeness (QED) is 0.762. The van der Waals surface area contributed by atoms with Gasteiger partial charge in [-0.3, -0.25) is 4.79 Å². The van der Waals surface area contributed by atoms with E-state index in [0.29, 0.717) is 12.1 Å². The molecule has 132 valence electrons. The molecule has 0 aliphatic heterocycles. The molecule has 4 rings (SSSR count). The fraction of sp³-hybridized carbons (Fsp3) is 0.200. The highest BCUT2D eigenvalue weighted by Crippen LogP contribution is 2.47. The van der Waals surface area contributed by atoms with Gasteiger partial charge in [0.05, 0.1) is 11.8 Å². The van der Waals surface area contributed by atoms with Gasteiger partial charge < -0.3 is 5.32 Å². The molecular formula is C20H17F2N3O. The number of benzene rings is 2. The zero-order chi connectivity index (χ0) is 18.1. The van der Waals surface area contributed by atoms with Crippen molar-refractivity contribution >= 4 is 5.91 Å². The van der Waals surface area contributed by atoms with E-state index in [-0.39, 0.29) is 22.8 Å². The summed E-state index contributed by atoms with van der Waals surface area (Å²) in [5, 5.41) is 6.98. The third kappa shape index (κ3) is 3.10. The second kappa shape index (κ2) is 6.37. The summed E-state index contributed by atoms with van der Waals surface area (Å²) in [5.74, 6) is -0.939. The summed E-state index contributed by atoms with van der Waals surface area (Å²) in [7, 11) is 0. The first-order chi connectivity index (χ1) is 12.6. The normalized spacial score (nSPS) is 14.8. The van der Waals surface area contributed by atoms with Crippen molar-refractivity contribution in [1.82, 2.24) is 15.1 Å². The van der Waals surface area contributed by atoms with E-state index in [1.54, 1.807) is 30.3 Å². The lowest BCUT2D eigenvalue weighted by Crippen LogP contribution is -2.32. The van der Waals surface area contributed by atoms with Gasteiger partial charge in [0.1, 0.15) is 17.3 Å². The Kier molecular flexibility index (Phi) is 4.03. The van der Waals surface area contributed by atoms with Gasteiger partial charge in [-0.2, -0.15) is 5.10 Å². The average Bonchev–Trinajstić information content (AvgIpc) is 3.28. The topological polar surface area (TPSA) is 46.9 Å². The van der Waals surface area contributed by atoms with Crippen molar-refractivity contribution in [3.8, 4) is 5.69 Å². The van der Waals surface area contributed by atoms with E-state index in [2.05, 4.69) is 10.4 Å². The van der Waals surface area contributed by atoms with Crippen molar-refractivity contribution < 1.29 is 13.6 Å². The highest BCUT2D eigenvalue weighted by Gasteiger charge is 2.44. The molecule has 6 heteroatoms. The van der Waals surface area contributed by atoms with Crippen molar-refractivity contribution in [1.29, 1.82) is 0 Å². The highest BCUT2D eigenvalue weighted by atomic mass is 19.1. The number of carbonyl (C=O) groups excluding carboxylic acids is 1. The van der Waals surface area contributed by atoms with Crippen LogP contribution >= 0.6 is 0 Å². The molecule has 0 spiro atoms. The first-order valence-electron chi connectivity index (χ1n) is 8.41.